The summed E-state index contributed by atoms with van der Waals surface area (Å²) >= 11 is 0. The lowest BCUT2D eigenvalue weighted by Gasteiger charge is -2.22. The summed E-state index contributed by atoms with van der Waals surface area (Å²) in [6.45, 7) is 3.30. The van der Waals surface area contributed by atoms with E-state index < -0.39 is 6.29 Å². The molecule has 4 rings (SSSR count). The highest BCUT2D eigenvalue weighted by molar-refractivity contribution is 5.98. The maximum Gasteiger partial charge on any atom is 0.586 e. The summed E-state index contributed by atoms with van der Waals surface area (Å²) in [4.78, 5) is 21.1. The van der Waals surface area contributed by atoms with Gasteiger partial charge in [-0.25, -0.2) is 0 Å². The second-order valence-corrected chi connectivity index (χ2v) is 6.54. The number of benzene rings is 1. The SMILES string of the molecule is O=C(c1cccc2c1OC(F)(F)O2)N1CCCN(Cc2ccccn2)CC1. The summed E-state index contributed by atoms with van der Waals surface area (Å²) in [5, 5.41) is 0. The molecule has 0 unspecified atom stereocenters. The third-order valence-corrected chi connectivity index (χ3v) is 4.65. The largest absolute Gasteiger partial charge is 0.586 e. The molecule has 1 aromatic heterocycles. The standard InChI is InChI=1S/C19H19F2N3O3/c20-19(21)26-16-7-3-6-15(17(16)27-19)18(25)24-10-4-9-23(11-12-24)13-14-5-1-2-8-22-14/h1-3,5-8H,4,9-13H2. The Morgan fingerprint density at radius 1 is 1.07 bits per heavy atom. The summed E-state index contributed by atoms with van der Waals surface area (Å²) in [7, 11) is 0. The highest BCUT2D eigenvalue weighted by Crippen LogP contribution is 2.43. The molecule has 2 aromatic rings. The van der Waals surface area contributed by atoms with Crippen LogP contribution in [0, 0.1) is 0 Å². The molecule has 0 atom stereocenters. The van der Waals surface area contributed by atoms with E-state index in [4.69, 9.17) is 0 Å². The van der Waals surface area contributed by atoms with E-state index in [1.54, 1.807) is 11.1 Å². The van der Waals surface area contributed by atoms with Crippen LogP contribution in [-0.2, 0) is 6.54 Å². The molecular weight excluding hydrogens is 356 g/mol. The predicted molar refractivity (Wildman–Crippen MR) is 92.7 cm³/mol. The Kier molecular flexibility index (Phi) is 4.65. The Morgan fingerprint density at radius 2 is 1.96 bits per heavy atom. The van der Waals surface area contributed by atoms with Crippen molar-refractivity contribution >= 4 is 5.91 Å². The number of carbonyl (C=O) groups is 1. The quantitative estimate of drug-likeness (QED) is 0.826. The number of aromatic nitrogens is 1. The highest BCUT2D eigenvalue weighted by atomic mass is 19.3. The minimum absolute atomic E-state index is 0.0999. The first-order valence-electron chi connectivity index (χ1n) is 8.82. The average Bonchev–Trinajstić information content (AvgIpc) is 2.81. The maximum atomic E-state index is 13.4. The number of amides is 1. The molecule has 3 heterocycles. The zero-order valence-corrected chi connectivity index (χ0v) is 14.6. The van der Waals surface area contributed by atoms with E-state index in [0.717, 1.165) is 18.7 Å². The zero-order chi connectivity index (χ0) is 18.9. The lowest BCUT2D eigenvalue weighted by molar-refractivity contribution is -0.286. The van der Waals surface area contributed by atoms with Gasteiger partial charge in [-0.2, -0.15) is 0 Å². The van der Waals surface area contributed by atoms with Gasteiger partial charge in [-0.3, -0.25) is 14.7 Å². The van der Waals surface area contributed by atoms with Gasteiger partial charge in [0.2, 0.25) is 0 Å². The smallest absolute Gasteiger partial charge is 0.395 e. The molecule has 6 nitrogen and oxygen atoms in total. The third kappa shape index (κ3) is 3.85. The van der Waals surface area contributed by atoms with Gasteiger partial charge in [0.1, 0.15) is 0 Å². The van der Waals surface area contributed by atoms with Gasteiger partial charge in [0, 0.05) is 38.9 Å². The summed E-state index contributed by atoms with van der Waals surface area (Å²) in [6, 6.07) is 10.2. The van der Waals surface area contributed by atoms with Crippen molar-refractivity contribution in [2.24, 2.45) is 0 Å². The molecule has 0 bridgehead atoms. The van der Waals surface area contributed by atoms with Gasteiger partial charge in [-0.15, -0.1) is 8.78 Å². The van der Waals surface area contributed by atoms with E-state index >= 15 is 0 Å². The summed E-state index contributed by atoms with van der Waals surface area (Å²) < 4.78 is 35.7. The Morgan fingerprint density at radius 3 is 2.78 bits per heavy atom. The molecule has 1 fully saturated rings. The lowest BCUT2D eigenvalue weighted by atomic mass is 10.1. The minimum atomic E-state index is -3.74. The van der Waals surface area contributed by atoms with E-state index in [2.05, 4.69) is 19.4 Å². The first-order valence-corrected chi connectivity index (χ1v) is 8.82. The predicted octanol–water partition coefficient (Wildman–Crippen LogP) is 2.75. The molecule has 27 heavy (non-hydrogen) atoms. The van der Waals surface area contributed by atoms with Crippen molar-refractivity contribution in [2.75, 3.05) is 26.2 Å². The van der Waals surface area contributed by atoms with Gasteiger partial charge in [0.25, 0.3) is 5.91 Å². The van der Waals surface area contributed by atoms with Crippen molar-refractivity contribution in [1.82, 2.24) is 14.8 Å². The fourth-order valence-electron chi connectivity index (χ4n) is 3.36. The minimum Gasteiger partial charge on any atom is -0.395 e. The Balaban J connectivity index is 1.45. The summed E-state index contributed by atoms with van der Waals surface area (Å²) in [5.74, 6) is -0.632. The van der Waals surface area contributed by atoms with Crippen LogP contribution in [0.3, 0.4) is 0 Å². The number of nitrogens with zero attached hydrogens (tertiary/aromatic N) is 3. The van der Waals surface area contributed by atoms with Crippen molar-refractivity contribution in [1.29, 1.82) is 0 Å². The number of alkyl halides is 2. The van der Waals surface area contributed by atoms with Crippen LogP contribution in [-0.4, -0.2) is 53.2 Å². The second-order valence-electron chi connectivity index (χ2n) is 6.54. The number of pyridine rings is 1. The monoisotopic (exact) mass is 375 g/mol. The average molecular weight is 375 g/mol. The molecule has 142 valence electrons. The number of hydrogen-bond donors (Lipinski definition) is 0. The molecule has 0 aliphatic carbocycles. The molecule has 0 spiro atoms. The molecule has 2 aliphatic rings. The number of carbonyl (C=O) groups excluding carboxylic acids is 1. The van der Waals surface area contributed by atoms with Crippen LogP contribution in [0.4, 0.5) is 8.78 Å². The first-order chi connectivity index (χ1) is 13.0. The van der Waals surface area contributed by atoms with Crippen LogP contribution in [0.15, 0.2) is 42.6 Å². The van der Waals surface area contributed by atoms with Crippen molar-refractivity contribution in [3.05, 3.63) is 53.9 Å². The number of halogens is 2. The Hall–Kier alpha value is -2.74. The van der Waals surface area contributed by atoms with Crippen molar-refractivity contribution < 1.29 is 23.0 Å². The summed E-state index contributed by atoms with van der Waals surface area (Å²) in [5.41, 5.74) is 1.08. The van der Waals surface area contributed by atoms with E-state index in [1.807, 2.05) is 18.2 Å². The second kappa shape index (κ2) is 7.11. The van der Waals surface area contributed by atoms with E-state index in [0.29, 0.717) is 26.2 Å². The number of rotatable bonds is 3. The molecule has 8 heteroatoms. The maximum absolute atomic E-state index is 13.4. The Bertz CT molecular complexity index is 832. The van der Waals surface area contributed by atoms with Crippen molar-refractivity contribution in [2.45, 2.75) is 19.3 Å². The number of ether oxygens (including phenoxy) is 2. The normalized spacial score (nSPS) is 19.0. The van der Waals surface area contributed by atoms with Crippen LogP contribution < -0.4 is 9.47 Å². The highest BCUT2D eigenvalue weighted by Gasteiger charge is 2.45. The van der Waals surface area contributed by atoms with Crippen LogP contribution in [0.2, 0.25) is 0 Å². The Labute approximate surface area is 155 Å². The molecule has 0 radical (unpaired) electrons. The zero-order valence-electron chi connectivity index (χ0n) is 14.6. The number of para-hydroxylation sites is 1. The van der Waals surface area contributed by atoms with Crippen molar-refractivity contribution in [3.63, 3.8) is 0 Å². The molecular formula is C19H19F2N3O3. The molecule has 1 amide bonds. The van der Waals surface area contributed by atoms with Gasteiger partial charge in [0.05, 0.1) is 11.3 Å². The molecule has 1 aromatic carbocycles. The van der Waals surface area contributed by atoms with Crippen molar-refractivity contribution in [3.8, 4) is 11.5 Å². The van der Waals surface area contributed by atoms with E-state index in [1.165, 1.54) is 18.2 Å². The van der Waals surface area contributed by atoms with Crippen LogP contribution in [0.1, 0.15) is 22.5 Å². The first kappa shape index (κ1) is 17.7. The van der Waals surface area contributed by atoms with Crippen LogP contribution >= 0.6 is 0 Å². The fraction of sp³-hybridized carbons (Fsp3) is 0.368. The topological polar surface area (TPSA) is 54.9 Å². The third-order valence-electron chi connectivity index (χ3n) is 4.65. The van der Waals surface area contributed by atoms with Crippen LogP contribution in [0.25, 0.3) is 0 Å². The lowest BCUT2D eigenvalue weighted by Crippen LogP contribution is -2.35. The van der Waals surface area contributed by atoms with E-state index in [9.17, 15) is 13.6 Å². The fourth-order valence-corrected chi connectivity index (χ4v) is 3.36. The van der Waals surface area contributed by atoms with Crippen LogP contribution in [0.5, 0.6) is 11.5 Å². The summed E-state index contributed by atoms with van der Waals surface area (Å²) in [6.07, 6.45) is -1.19. The van der Waals surface area contributed by atoms with Gasteiger partial charge >= 0.3 is 6.29 Å². The molecule has 0 saturated carbocycles. The number of hydrogen-bond acceptors (Lipinski definition) is 5. The van der Waals surface area contributed by atoms with Gasteiger partial charge in [-0.05, 0) is 30.7 Å². The molecule has 2 aliphatic heterocycles. The van der Waals surface area contributed by atoms with E-state index in [-0.39, 0.29) is 23.0 Å². The molecule has 0 N–H and O–H groups in total. The molecule has 1 saturated heterocycles. The van der Waals surface area contributed by atoms with Gasteiger partial charge in [0.15, 0.2) is 11.5 Å². The van der Waals surface area contributed by atoms with Gasteiger partial charge < -0.3 is 14.4 Å². The number of fused-ring (bicyclic) bond motifs is 1. The van der Waals surface area contributed by atoms with Gasteiger partial charge in [-0.1, -0.05) is 12.1 Å².